The fraction of sp³-hybridized carbons (Fsp3) is 0.308. The Hall–Kier alpha value is -2.21. The molecule has 0 saturated carbocycles. The molecule has 0 amide bonds. The first-order valence-electron chi connectivity index (χ1n) is 6.01. The first kappa shape index (κ1) is 11.9. The number of hydrogen-bond donors (Lipinski definition) is 2. The van der Waals surface area contributed by atoms with E-state index in [1.165, 1.54) is 0 Å². The Morgan fingerprint density at radius 1 is 1.32 bits per heavy atom. The molecular weight excluding hydrogens is 246 g/mol. The monoisotopic (exact) mass is 261 g/mol. The van der Waals surface area contributed by atoms with E-state index in [1.54, 1.807) is 13.3 Å². The van der Waals surface area contributed by atoms with E-state index in [-0.39, 0.29) is 6.79 Å². The molecule has 2 aromatic rings. The van der Waals surface area contributed by atoms with E-state index in [0.717, 1.165) is 30.0 Å². The van der Waals surface area contributed by atoms with Crippen LogP contribution in [0.5, 0.6) is 17.2 Å². The molecule has 1 aromatic heterocycles. The van der Waals surface area contributed by atoms with Crippen molar-refractivity contribution in [1.29, 1.82) is 0 Å². The van der Waals surface area contributed by atoms with Gasteiger partial charge in [0.15, 0.2) is 11.5 Å². The summed E-state index contributed by atoms with van der Waals surface area (Å²) in [7, 11) is 1.62. The fourth-order valence-corrected chi connectivity index (χ4v) is 2.01. The van der Waals surface area contributed by atoms with Crippen LogP contribution in [0, 0.1) is 0 Å². The maximum Gasteiger partial charge on any atom is 0.231 e. The summed E-state index contributed by atoms with van der Waals surface area (Å²) in [6.45, 7) is 1.73. The Bertz CT molecular complexity index is 555. The molecule has 1 aromatic carbocycles. The minimum atomic E-state index is 0.248. The third kappa shape index (κ3) is 2.48. The maximum atomic E-state index is 5.39. The summed E-state index contributed by atoms with van der Waals surface area (Å²) in [5, 5.41) is 10.0. The number of aromatic nitrogens is 2. The number of methoxy groups -OCH3 is 1. The molecule has 6 nitrogen and oxygen atoms in total. The minimum absolute atomic E-state index is 0.248. The first-order valence-corrected chi connectivity index (χ1v) is 6.01. The molecule has 2 heterocycles. The molecule has 6 heteroatoms. The lowest BCUT2D eigenvalue weighted by atomic mass is 10.2. The lowest BCUT2D eigenvalue weighted by Gasteiger charge is -2.08. The average Bonchev–Trinajstić information content (AvgIpc) is 3.08. The van der Waals surface area contributed by atoms with Gasteiger partial charge in [-0.05, 0) is 17.7 Å². The van der Waals surface area contributed by atoms with Gasteiger partial charge in [-0.2, -0.15) is 5.10 Å². The highest BCUT2D eigenvalue weighted by atomic mass is 16.7. The smallest absolute Gasteiger partial charge is 0.231 e. The summed E-state index contributed by atoms with van der Waals surface area (Å²) < 4.78 is 16.0. The molecular formula is C13H15N3O3. The zero-order valence-electron chi connectivity index (χ0n) is 10.6. The standard InChI is InChI=1S/C13H15N3O3/c1-17-11-2-9(3-12-13(11)19-8-18-12)4-14-5-10-6-15-16-7-10/h2-3,6-7,14H,4-5,8H2,1H3,(H,15,16). The molecule has 0 bridgehead atoms. The average molecular weight is 261 g/mol. The third-order valence-electron chi connectivity index (χ3n) is 2.93. The Balaban J connectivity index is 1.68. The van der Waals surface area contributed by atoms with Crippen LogP contribution in [0.4, 0.5) is 0 Å². The number of H-pyrrole nitrogens is 1. The molecule has 3 rings (SSSR count). The summed E-state index contributed by atoms with van der Waals surface area (Å²) in [5.41, 5.74) is 2.21. The highest BCUT2D eigenvalue weighted by molar-refractivity contribution is 5.55. The van der Waals surface area contributed by atoms with E-state index >= 15 is 0 Å². The van der Waals surface area contributed by atoms with Crippen molar-refractivity contribution in [3.8, 4) is 17.2 Å². The minimum Gasteiger partial charge on any atom is -0.493 e. The van der Waals surface area contributed by atoms with Crippen molar-refractivity contribution in [2.75, 3.05) is 13.9 Å². The SMILES string of the molecule is COc1cc(CNCc2cn[nH]c2)cc2c1OCO2. The molecule has 2 N–H and O–H groups in total. The van der Waals surface area contributed by atoms with Crippen molar-refractivity contribution in [1.82, 2.24) is 15.5 Å². The summed E-state index contributed by atoms with van der Waals surface area (Å²) in [4.78, 5) is 0. The van der Waals surface area contributed by atoms with Crippen molar-refractivity contribution in [3.63, 3.8) is 0 Å². The van der Waals surface area contributed by atoms with Gasteiger partial charge in [-0.1, -0.05) is 0 Å². The second-order valence-corrected chi connectivity index (χ2v) is 4.24. The number of benzene rings is 1. The zero-order chi connectivity index (χ0) is 13.1. The number of hydrogen-bond acceptors (Lipinski definition) is 5. The molecule has 0 unspecified atom stereocenters. The van der Waals surface area contributed by atoms with Gasteiger partial charge in [0.05, 0.1) is 13.3 Å². The normalized spacial score (nSPS) is 12.7. The van der Waals surface area contributed by atoms with Crippen molar-refractivity contribution in [2.45, 2.75) is 13.1 Å². The maximum absolute atomic E-state index is 5.39. The molecule has 1 aliphatic rings. The summed E-state index contributed by atoms with van der Waals surface area (Å²) in [6.07, 6.45) is 3.67. The highest BCUT2D eigenvalue weighted by Crippen LogP contribution is 2.41. The number of aromatic amines is 1. The summed E-state index contributed by atoms with van der Waals surface area (Å²) in [6, 6.07) is 3.92. The van der Waals surface area contributed by atoms with Gasteiger partial charge in [-0.15, -0.1) is 0 Å². The van der Waals surface area contributed by atoms with Crippen LogP contribution < -0.4 is 19.5 Å². The van der Waals surface area contributed by atoms with Crippen molar-refractivity contribution < 1.29 is 14.2 Å². The Kier molecular flexibility index (Phi) is 3.24. The Morgan fingerprint density at radius 2 is 2.21 bits per heavy atom. The van der Waals surface area contributed by atoms with Crippen LogP contribution in [0.25, 0.3) is 0 Å². The zero-order valence-corrected chi connectivity index (χ0v) is 10.6. The quantitative estimate of drug-likeness (QED) is 0.852. The van der Waals surface area contributed by atoms with Crippen molar-refractivity contribution >= 4 is 0 Å². The van der Waals surface area contributed by atoms with Crippen LogP contribution in [-0.2, 0) is 13.1 Å². The van der Waals surface area contributed by atoms with Gasteiger partial charge >= 0.3 is 0 Å². The van der Waals surface area contributed by atoms with E-state index < -0.39 is 0 Å². The Morgan fingerprint density at radius 3 is 3.00 bits per heavy atom. The number of rotatable bonds is 5. The predicted molar refractivity (Wildman–Crippen MR) is 68.2 cm³/mol. The van der Waals surface area contributed by atoms with Crippen molar-refractivity contribution in [2.24, 2.45) is 0 Å². The summed E-state index contributed by atoms with van der Waals surface area (Å²) >= 11 is 0. The number of fused-ring (bicyclic) bond motifs is 1. The van der Waals surface area contributed by atoms with Crippen LogP contribution in [0.1, 0.15) is 11.1 Å². The van der Waals surface area contributed by atoms with Crippen LogP contribution >= 0.6 is 0 Å². The predicted octanol–water partition coefficient (Wildman–Crippen LogP) is 1.44. The lowest BCUT2D eigenvalue weighted by molar-refractivity contribution is 0.171. The third-order valence-corrected chi connectivity index (χ3v) is 2.93. The summed E-state index contributed by atoms with van der Waals surface area (Å²) in [5.74, 6) is 2.12. The van der Waals surface area contributed by atoms with Crippen LogP contribution in [-0.4, -0.2) is 24.1 Å². The van der Waals surface area contributed by atoms with Gasteiger partial charge in [0.1, 0.15) is 0 Å². The molecule has 0 fully saturated rings. The second-order valence-electron chi connectivity index (χ2n) is 4.24. The van der Waals surface area contributed by atoms with E-state index in [2.05, 4.69) is 15.5 Å². The molecule has 100 valence electrons. The van der Waals surface area contributed by atoms with Gasteiger partial charge in [0, 0.05) is 24.8 Å². The topological polar surface area (TPSA) is 68.4 Å². The van der Waals surface area contributed by atoms with Gasteiger partial charge in [0.2, 0.25) is 12.5 Å². The van der Waals surface area contributed by atoms with E-state index in [0.29, 0.717) is 11.5 Å². The van der Waals surface area contributed by atoms with Gasteiger partial charge < -0.3 is 19.5 Å². The molecule has 1 aliphatic heterocycles. The van der Waals surface area contributed by atoms with Crippen LogP contribution in [0.3, 0.4) is 0 Å². The first-order chi connectivity index (χ1) is 9.36. The number of nitrogens with zero attached hydrogens (tertiary/aromatic N) is 1. The molecule has 0 saturated heterocycles. The van der Waals surface area contributed by atoms with Crippen LogP contribution in [0.15, 0.2) is 24.5 Å². The number of nitrogens with one attached hydrogen (secondary N) is 2. The molecule has 0 radical (unpaired) electrons. The molecule has 19 heavy (non-hydrogen) atoms. The van der Waals surface area contributed by atoms with Crippen molar-refractivity contribution in [3.05, 3.63) is 35.7 Å². The van der Waals surface area contributed by atoms with E-state index in [4.69, 9.17) is 14.2 Å². The van der Waals surface area contributed by atoms with Crippen LogP contribution in [0.2, 0.25) is 0 Å². The Labute approximate surface area is 110 Å². The molecule has 0 aliphatic carbocycles. The largest absolute Gasteiger partial charge is 0.493 e. The van der Waals surface area contributed by atoms with E-state index in [9.17, 15) is 0 Å². The van der Waals surface area contributed by atoms with Gasteiger partial charge in [-0.25, -0.2) is 0 Å². The van der Waals surface area contributed by atoms with E-state index in [1.807, 2.05) is 18.3 Å². The van der Waals surface area contributed by atoms with Gasteiger partial charge in [0.25, 0.3) is 0 Å². The fourth-order valence-electron chi connectivity index (χ4n) is 2.01. The lowest BCUT2D eigenvalue weighted by Crippen LogP contribution is -2.12. The number of ether oxygens (including phenoxy) is 3. The molecule has 0 spiro atoms. The molecule has 0 atom stereocenters. The highest BCUT2D eigenvalue weighted by Gasteiger charge is 2.19. The van der Waals surface area contributed by atoms with Gasteiger partial charge in [-0.3, -0.25) is 5.10 Å². The second kappa shape index (κ2) is 5.19.